The van der Waals surface area contributed by atoms with Crippen LogP contribution in [0.1, 0.15) is 18.5 Å². The van der Waals surface area contributed by atoms with Crippen molar-refractivity contribution in [2.75, 3.05) is 31.6 Å². The van der Waals surface area contributed by atoms with E-state index in [-0.39, 0.29) is 23.5 Å². The Bertz CT molecular complexity index is 556. The van der Waals surface area contributed by atoms with Gasteiger partial charge in [0.1, 0.15) is 0 Å². The fraction of sp³-hybridized carbons (Fsp3) is 0.692. The zero-order valence-electron chi connectivity index (χ0n) is 12.2. The molecule has 118 valence electrons. The smallest absolute Gasteiger partial charge is 0.221 e. The number of amides is 1. The van der Waals surface area contributed by atoms with Crippen molar-refractivity contribution in [2.45, 2.75) is 25.3 Å². The zero-order chi connectivity index (χ0) is 15.3. The summed E-state index contributed by atoms with van der Waals surface area (Å²) in [6.07, 6.45) is 5.13. The minimum atomic E-state index is -2.87. The molecule has 2 N–H and O–H groups in total. The molecule has 1 saturated heterocycles. The van der Waals surface area contributed by atoms with Gasteiger partial charge < -0.3 is 15.2 Å². The summed E-state index contributed by atoms with van der Waals surface area (Å²) in [7, 11) is -0.992. The average Bonchev–Trinajstić information content (AvgIpc) is 3.05. The Hall–Kier alpha value is -1.41. The molecular formula is C13H22N4O3S. The first-order chi connectivity index (χ1) is 9.96. The van der Waals surface area contributed by atoms with Crippen LogP contribution in [0.4, 0.5) is 0 Å². The molecule has 1 atom stereocenters. The molecule has 1 amide bonds. The van der Waals surface area contributed by atoms with Crippen molar-refractivity contribution >= 4 is 15.7 Å². The standard InChI is InChI=1S/C13H22N4O3S/c1-17(12-4-7-21(19,20)9-12)6-3-13(18)15-5-2-11-8-14-10-16-11/h8,10,12H,2-7,9H2,1H3,(H,14,16)(H,15,18)/t12-/m0/s1. The number of rotatable bonds is 7. The number of aromatic nitrogens is 2. The number of nitrogens with zero attached hydrogens (tertiary/aromatic N) is 2. The summed E-state index contributed by atoms with van der Waals surface area (Å²) in [4.78, 5) is 20.6. The highest BCUT2D eigenvalue weighted by Crippen LogP contribution is 2.16. The highest BCUT2D eigenvalue weighted by atomic mass is 32.2. The molecule has 8 heteroatoms. The molecule has 2 rings (SSSR count). The van der Waals surface area contributed by atoms with Gasteiger partial charge in [0.2, 0.25) is 5.91 Å². The molecule has 1 aromatic rings. The number of nitrogens with one attached hydrogen (secondary N) is 2. The second kappa shape index (κ2) is 7.04. The Morgan fingerprint density at radius 3 is 3.00 bits per heavy atom. The highest BCUT2D eigenvalue weighted by molar-refractivity contribution is 7.91. The van der Waals surface area contributed by atoms with Crippen LogP contribution in [0.15, 0.2) is 12.5 Å². The molecule has 1 fully saturated rings. The second-order valence-electron chi connectivity index (χ2n) is 5.46. The number of carbonyl (C=O) groups excluding carboxylic acids is 1. The Morgan fingerprint density at radius 1 is 1.57 bits per heavy atom. The molecule has 0 radical (unpaired) electrons. The van der Waals surface area contributed by atoms with Crippen molar-refractivity contribution in [3.05, 3.63) is 18.2 Å². The topological polar surface area (TPSA) is 95.2 Å². The van der Waals surface area contributed by atoms with Crippen LogP contribution in [-0.4, -0.2) is 66.9 Å². The first-order valence-electron chi connectivity index (χ1n) is 7.11. The van der Waals surface area contributed by atoms with E-state index in [1.807, 2.05) is 11.9 Å². The fourth-order valence-corrected chi connectivity index (χ4v) is 4.24. The maximum Gasteiger partial charge on any atom is 0.221 e. The predicted molar refractivity (Wildman–Crippen MR) is 79.6 cm³/mol. The van der Waals surface area contributed by atoms with E-state index in [1.165, 1.54) is 0 Å². The molecule has 1 aliphatic rings. The van der Waals surface area contributed by atoms with Crippen LogP contribution in [0.3, 0.4) is 0 Å². The van der Waals surface area contributed by atoms with Crippen LogP contribution >= 0.6 is 0 Å². The van der Waals surface area contributed by atoms with Crippen molar-refractivity contribution < 1.29 is 13.2 Å². The Morgan fingerprint density at radius 2 is 2.38 bits per heavy atom. The van der Waals surface area contributed by atoms with E-state index in [1.54, 1.807) is 12.5 Å². The van der Waals surface area contributed by atoms with Gasteiger partial charge in [-0.05, 0) is 13.5 Å². The van der Waals surface area contributed by atoms with E-state index in [2.05, 4.69) is 15.3 Å². The number of imidazole rings is 1. The maximum atomic E-state index is 11.7. The predicted octanol–water partition coefficient (Wildman–Crippen LogP) is -0.423. The summed E-state index contributed by atoms with van der Waals surface area (Å²) in [6.45, 7) is 1.15. The Kier molecular flexibility index (Phi) is 5.35. The summed E-state index contributed by atoms with van der Waals surface area (Å²) in [6, 6.07) is 0.0489. The van der Waals surface area contributed by atoms with Crippen molar-refractivity contribution in [3.8, 4) is 0 Å². The molecule has 0 saturated carbocycles. The SMILES string of the molecule is CN(CCC(=O)NCCc1cnc[nH]1)[C@H]1CCS(=O)(=O)C1. The molecule has 1 aliphatic heterocycles. The molecule has 0 bridgehead atoms. The summed E-state index contributed by atoms with van der Waals surface area (Å²) < 4.78 is 22.8. The van der Waals surface area contributed by atoms with E-state index in [9.17, 15) is 13.2 Å². The lowest BCUT2D eigenvalue weighted by molar-refractivity contribution is -0.121. The van der Waals surface area contributed by atoms with Crippen molar-refractivity contribution in [1.29, 1.82) is 0 Å². The van der Waals surface area contributed by atoms with Gasteiger partial charge in [0.05, 0.1) is 17.8 Å². The average molecular weight is 314 g/mol. The van der Waals surface area contributed by atoms with Crippen molar-refractivity contribution in [2.24, 2.45) is 0 Å². The number of aromatic amines is 1. The van der Waals surface area contributed by atoms with E-state index in [4.69, 9.17) is 0 Å². The number of hydrogen-bond donors (Lipinski definition) is 2. The van der Waals surface area contributed by atoms with E-state index in [0.29, 0.717) is 25.9 Å². The number of sulfone groups is 1. The van der Waals surface area contributed by atoms with Gasteiger partial charge in [-0.25, -0.2) is 13.4 Å². The molecule has 1 aromatic heterocycles. The van der Waals surface area contributed by atoms with Gasteiger partial charge in [-0.1, -0.05) is 0 Å². The lowest BCUT2D eigenvalue weighted by atomic mass is 10.2. The first kappa shape index (κ1) is 16.0. The van der Waals surface area contributed by atoms with Crippen LogP contribution in [0.25, 0.3) is 0 Å². The van der Waals surface area contributed by atoms with Gasteiger partial charge in [-0.2, -0.15) is 0 Å². The van der Waals surface area contributed by atoms with Crippen LogP contribution in [-0.2, 0) is 21.1 Å². The lowest BCUT2D eigenvalue weighted by Gasteiger charge is -2.22. The summed E-state index contributed by atoms with van der Waals surface area (Å²) in [5.74, 6) is 0.464. The van der Waals surface area contributed by atoms with Gasteiger partial charge in [0, 0.05) is 43.9 Å². The summed E-state index contributed by atoms with van der Waals surface area (Å²) in [5, 5.41) is 2.85. The number of carbonyl (C=O) groups is 1. The summed E-state index contributed by atoms with van der Waals surface area (Å²) >= 11 is 0. The minimum Gasteiger partial charge on any atom is -0.356 e. The monoisotopic (exact) mass is 314 g/mol. The second-order valence-corrected chi connectivity index (χ2v) is 7.69. The molecule has 0 unspecified atom stereocenters. The van der Waals surface area contributed by atoms with Gasteiger partial charge in [0.15, 0.2) is 9.84 Å². The van der Waals surface area contributed by atoms with Gasteiger partial charge in [0.25, 0.3) is 0 Å². The third-order valence-electron chi connectivity index (χ3n) is 3.79. The van der Waals surface area contributed by atoms with Crippen molar-refractivity contribution in [3.63, 3.8) is 0 Å². The van der Waals surface area contributed by atoms with Gasteiger partial charge in [-0.15, -0.1) is 0 Å². The minimum absolute atomic E-state index is 0.0118. The third kappa shape index (κ3) is 5.13. The summed E-state index contributed by atoms with van der Waals surface area (Å²) in [5.41, 5.74) is 0.989. The largest absolute Gasteiger partial charge is 0.356 e. The zero-order valence-corrected chi connectivity index (χ0v) is 13.0. The molecule has 0 aliphatic carbocycles. The molecular weight excluding hydrogens is 292 g/mol. The lowest BCUT2D eigenvalue weighted by Crippen LogP contribution is -2.36. The van der Waals surface area contributed by atoms with Crippen LogP contribution in [0.5, 0.6) is 0 Å². The van der Waals surface area contributed by atoms with Crippen molar-refractivity contribution in [1.82, 2.24) is 20.2 Å². The van der Waals surface area contributed by atoms with Crippen LogP contribution in [0, 0.1) is 0 Å². The molecule has 0 spiro atoms. The number of hydrogen-bond acceptors (Lipinski definition) is 5. The van der Waals surface area contributed by atoms with Gasteiger partial charge in [-0.3, -0.25) is 4.79 Å². The van der Waals surface area contributed by atoms with E-state index >= 15 is 0 Å². The highest BCUT2D eigenvalue weighted by Gasteiger charge is 2.30. The molecule has 2 heterocycles. The fourth-order valence-electron chi connectivity index (χ4n) is 2.43. The Balaban J connectivity index is 1.62. The molecule has 7 nitrogen and oxygen atoms in total. The van der Waals surface area contributed by atoms with Crippen LogP contribution in [0.2, 0.25) is 0 Å². The molecule has 21 heavy (non-hydrogen) atoms. The maximum absolute atomic E-state index is 11.7. The third-order valence-corrected chi connectivity index (χ3v) is 5.55. The van der Waals surface area contributed by atoms with E-state index in [0.717, 1.165) is 12.1 Å². The first-order valence-corrected chi connectivity index (χ1v) is 8.93. The normalized spacial score (nSPS) is 20.8. The molecule has 0 aromatic carbocycles. The number of H-pyrrole nitrogens is 1. The van der Waals surface area contributed by atoms with Gasteiger partial charge >= 0.3 is 0 Å². The Labute approximate surface area is 125 Å². The quantitative estimate of drug-likeness (QED) is 0.712. The van der Waals surface area contributed by atoms with E-state index < -0.39 is 9.84 Å². The van der Waals surface area contributed by atoms with Crippen LogP contribution < -0.4 is 5.32 Å².